The van der Waals surface area contributed by atoms with Crippen LogP contribution in [0.1, 0.15) is 31.9 Å². The van der Waals surface area contributed by atoms with Crippen molar-refractivity contribution in [2.45, 2.75) is 32.6 Å². The van der Waals surface area contributed by atoms with Gasteiger partial charge in [0.1, 0.15) is 0 Å². The van der Waals surface area contributed by atoms with Gasteiger partial charge in [-0.3, -0.25) is 9.59 Å². The van der Waals surface area contributed by atoms with E-state index in [0.717, 1.165) is 18.5 Å². The van der Waals surface area contributed by atoms with Crippen LogP contribution in [0.15, 0.2) is 18.3 Å². The molecule has 2 heterocycles. The quantitative estimate of drug-likeness (QED) is 0.885. The molecule has 1 N–H and O–H groups in total. The summed E-state index contributed by atoms with van der Waals surface area (Å²) in [5, 5.41) is 0. The van der Waals surface area contributed by atoms with E-state index in [9.17, 15) is 9.59 Å². The molecule has 1 fully saturated rings. The van der Waals surface area contributed by atoms with Crippen molar-refractivity contribution in [1.82, 2.24) is 14.8 Å². The molecule has 0 atom stereocenters. The molecule has 0 aromatic carbocycles. The molecule has 110 valence electrons. The maximum Gasteiger partial charge on any atom is 0.228 e. The maximum atomic E-state index is 12.1. The Hall–Kier alpha value is -1.78. The zero-order chi connectivity index (χ0) is 14.4. The monoisotopic (exact) mass is 277 g/mol. The number of nitrogens with one attached hydrogen (secondary N) is 1. The molecule has 0 aliphatic carbocycles. The van der Waals surface area contributed by atoms with Gasteiger partial charge in [0, 0.05) is 44.5 Å². The van der Waals surface area contributed by atoms with Gasteiger partial charge in [0.2, 0.25) is 11.8 Å². The highest BCUT2D eigenvalue weighted by Crippen LogP contribution is 2.08. The summed E-state index contributed by atoms with van der Waals surface area (Å²) >= 11 is 0. The number of piperazine rings is 1. The third-order valence-electron chi connectivity index (χ3n) is 3.73. The van der Waals surface area contributed by atoms with E-state index in [1.807, 2.05) is 28.1 Å². The molecule has 1 aromatic heterocycles. The molecular formula is C15H23N3O2. The van der Waals surface area contributed by atoms with Crippen molar-refractivity contribution >= 4 is 11.8 Å². The zero-order valence-electron chi connectivity index (χ0n) is 12.1. The van der Waals surface area contributed by atoms with Gasteiger partial charge in [0.05, 0.1) is 6.42 Å². The molecule has 0 bridgehead atoms. The highest BCUT2D eigenvalue weighted by molar-refractivity contribution is 5.79. The predicted octanol–water partition coefficient (Wildman–Crippen LogP) is 1.42. The number of aromatic amines is 1. The average Bonchev–Trinajstić information content (AvgIpc) is 2.97. The Labute approximate surface area is 119 Å². The fourth-order valence-electron chi connectivity index (χ4n) is 2.44. The van der Waals surface area contributed by atoms with Crippen LogP contribution in [0.4, 0.5) is 0 Å². The van der Waals surface area contributed by atoms with E-state index in [-0.39, 0.29) is 11.8 Å². The summed E-state index contributed by atoms with van der Waals surface area (Å²) in [6.45, 7) is 4.72. The van der Waals surface area contributed by atoms with Crippen LogP contribution in [0.3, 0.4) is 0 Å². The van der Waals surface area contributed by atoms with Crippen LogP contribution < -0.4 is 0 Å². The Bertz CT molecular complexity index is 434. The van der Waals surface area contributed by atoms with Crippen molar-refractivity contribution in [3.05, 3.63) is 24.0 Å². The first-order chi connectivity index (χ1) is 9.70. The first-order valence-electron chi connectivity index (χ1n) is 7.38. The molecule has 0 unspecified atom stereocenters. The molecule has 20 heavy (non-hydrogen) atoms. The number of hydrogen-bond donors (Lipinski definition) is 1. The number of carbonyl (C=O) groups excluding carboxylic acids is 2. The van der Waals surface area contributed by atoms with Gasteiger partial charge in [0.15, 0.2) is 0 Å². The third kappa shape index (κ3) is 3.85. The van der Waals surface area contributed by atoms with E-state index in [2.05, 4.69) is 11.9 Å². The molecule has 1 aliphatic heterocycles. The minimum Gasteiger partial charge on any atom is -0.365 e. The lowest BCUT2D eigenvalue weighted by Crippen LogP contribution is -2.51. The highest BCUT2D eigenvalue weighted by atomic mass is 16.2. The van der Waals surface area contributed by atoms with Crippen molar-refractivity contribution in [2.75, 3.05) is 26.2 Å². The van der Waals surface area contributed by atoms with Crippen molar-refractivity contribution in [2.24, 2.45) is 0 Å². The molecule has 1 saturated heterocycles. The molecule has 2 amide bonds. The normalized spacial score (nSPS) is 15.4. The SMILES string of the molecule is CCCCC(=O)N1CCN(C(=O)Cc2ccc[nH]2)CC1. The lowest BCUT2D eigenvalue weighted by atomic mass is 10.2. The van der Waals surface area contributed by atoms with Gasteiger partial charge in [0.25, 0.3) is 0 Å². The van der Waals surface area contributed by atoms with E-state index in [1.54, 1.807) is 0 Å². The van der Waals surface area contributed by atoms with Crippen LogP contribution in [0, 0.1) is 0 Å². The van der Waals surface area contributed by atoms with Crippen molar-refractivity contribution < 1.29 is 9.59 Å². The van der Waals surface area contributed by atoms with E-state index >= 15 is 0 Å². The summed E-state index contributed by atoms with van der Waals surface area (Å²) in [6.07, 6.45) is 4.86. The molecule has 1 aromatic rings. The van der Waals surface area contributed by atoms with E-state index < -0.39 is 0 Å². The number of amides is 2. The van der Waals surface area contributed by atoms with Crippen LogP contribution in [0.25, 0.3) is 0 Å². The average molecular weight is 277 g/mol. The minimum absolute atomic E-state index is 0.133. The highest BCUT2D eigenvalue weighted by Gasteiger charge is 2.23. The maximum absolute atomic E-state index is 12.1. The summed E-state index contributed by atoms with van der Waals surface area (Å²) in [7, 11) is 0. The Kier molecular flexibility index (Phi) is 5.21. The third-order valence-corrected chi connectivity index (χ3v) is 3.73. The lowest BCUT2D eigenvalue weighted by molar-refractivity contribution is -0.139. The van der Waals surface area contributed by atoms with Crippen LogP contribution in [0.2, 0.25) is 0 Å². The predicted molar refractivity (Wildman–Crippen MR) is 77.2 cm³/mol. The van der Waals surface area contributed by atoms with Gasteiger partial charge < -0.3 is 14.8 Å². The van der Waals surface area contributed by atoms with Gasteiger partial charge >= 0.3 is 0 Å². The van der Waals surface area contributed by atoms with E-state index in [4.69, 9.17) is 0 Å². The standard InChI is InChI=1S/C15H23N3O2/c1-2-3-6-14(19)17-8-10-18(11-9-17)15(20)12-13-5-4-7-16-13/h4-5,7,16H,2-3,6,8-12H2,1H3. The molecule has 5 heteroatoms. The fraction of sp³-hybridized carbons (Fsp3) is 0.600. The molecule has 2 rings (SSSR count). The van der Waals surface area contributed by atoms with Crippen molar-refractivity contribution in [3.63, 3.8) is 0 Å². The van der Waals surface area contributed by atoms with Crippen LogP contribution >= 0.6 is 0 Å². The second-order valence-electron chi connectivity index (χ2n) is 5.24. The smallest absolute Gasteiger partial charge is 0.228 e. The van der Waals surface area contributed by atoms with Gasteiger partial charge in [-0.1, -0.05) is 13.3 Å². The summed E-state index contributed by atoms with van der Waals surface area (Å²) in [6, 6.07) is 3.81. The molecule has 0 saturated carbocycles. The molecular weight excluding hydrogens is 254 g/mol. The Balaban J connectivity index is 1.76. The summed E-state index contributed by atoms with van der Waals surface area (Å²) in [5.41, 5.74) is 0.941. The number of aromatic nitrogens is 1. The van der Waals surface area contributed by atoms with Crippen LogP contribution in [-0.4, -0.2) is 52.8 Å². The summed E-state index contributed by atoms with van der Waals surface area (Å²) < 4.78 is 0. The number of nitrogens with zero attached hydrogens (tertiary/aromatic N) is 2. The van der Waals surface area contributed by atoms with E-state index in [1.165, 1.54) is 0 Å². The number of carbonyl (C=O) groups is 2. The van der Waals surface area contributed by atoms with Crippen LogP contribution in [-0.2, 0) is 16.0 Å². The number of H-pyrrole nitrogens is 1. The molecule has 1 aliphatic rings. The largest absolute Gasteiger partial charge is 0.365 e. The second kappa shape index (κ2) is 7.12. The molecule has 5 nitrogen and oxygen atoms in total. The Morgan fingerprint density at radius 1 is 1.15 bits per heavy atom. The Morgan fingerprint density at radius 2 is 1.80 bits per heavy atom. The lowest BCUT2D eigenvalue weighted by Gasteiger charge is -2.34. The fourth-order valence-corrected chi connectivity index (χ4v) is 2.44. The first kappa shape index (κ1) is 14.6. The zero-order valence-corrected chi connectivity index (χ0v) is 12.1. The molecule has 0 radical (unpaired) electrons. The van der Waals surface area contributed by atoms with Crippen molar-refractivity contribution in [3.8, 4) is 0 Å². The summed E-state index contributed by atoms with van der Waals surface area (Å²) in [4.78, 5) is 30.8. The second-order valence-corrected chi connectivity index (χ2v) is 5.24. The van der Waals surface area contributed by atoms with Crippen molar-refractivity contribution in [1.29, 1.82) is 0 Å². The summed E-state index contributed by atoms with van der Waals surface area (Å²) in [5.74, 6) is 0.358. The first-order valence-corrected chi connectivity index (χ1v) is 7.38. The van der Waals surface area contributed by atoms with E-state index in [0.29, 0.717) is 39.0 Å². The number of unbranched alkanes of at least 4 members (excludes halogenated alkanes) is 1. The Morgan fingerprint density at radius 3 is 2.35 bits per heavy atom. The van der Waals surface area contributed by atoms with Gasteiger partial charge in [-0.25, -0.2) is 0 Å². The van der Waals surface area contributed by atoms with Gasteiger partial charge in [-0.15, -0.1) is 0 Å². The van der Waals surface area contributed by atoms with Gasteiger partial charge in [-0.05, 0) is 18.6 Å². The molecule has 0 spiro atoms. The topological polar surface area (TPSA) is 56.4 Å². The number of rotatable bonds is 5. The number of hydrogen-bond acceptors (Lipinski definition) is 2. The van der Waals surface area contributed by atoms with Crippen LogP contribution in [0.5, 0.6) is 0 Å². The van der Waals surface area contributed by atoms with Gasteiger partial charge in [-0.2, -0.15) is 0 Å². The minimum atomic E-state index is 0.133.